The molecule has 1 aromatic rings. The van der Waals surface area contributed by atoms with E-state index in [-0.39, 0.29) is 42.9 Å². The fraction of sp³-hybridized carbons (Fsp3) is 0.565. The second kappa shape index (κ2) is 8.69. The minimum Gasteiger partial charge on any atom is -0.486 e. The molecule has 0 aromatic heterocycles. The Balaban J connectivity index is 1.39. The molecule has 0 unspecified atom stereocenters. The smallest absolute Gasteiger partial charge is 0.242 e. The summed E-state index contributed by atoms with van der Waals surface area (Å²) in [5.41, 5.74) is -0.0970. The highest BCUT2D eigenvalue weighted by molar-refractivity contribution is 6.00. The first-order chi connectivity index (χ1) is 14.9. The third-order valence-corrected chi connectivity index (χ3v) is 6.60. The van der Waals surface area contributed by atoms with Crippen LogP contribution in [0.1, 0.15) is 49.4 Å². The van der Waals surface area contributed by atoms with Crippen molar-refractivity contribution in [2.24, 2.45) is 0 Å². The van der Waals surface area contributed by atoms with E-state index >= 15 is 0 Å². The zero-order chi connectivity index (χ0) is 22.0. The Labute approximate surface area is 182 Å². The molecule has 0 N–H and O–H groups in total. The van der Waals surface area contributed by atoms with Gasteiger partial charge in [-0.25, -0.2) is 0 Å². The summed E-state index contributed by atoms with van der Waals surface area (Å²) < 4.78 is 6.25. The van der Waals surface area contributed by atoms with E-state index in [1.807, 2.05) is 12.1 Å². The number of ketones is 1. The van der Waals surface area contributed by atoms with Crippen molar-refractivity contribution in [2.75, 3.05) is 39.3 Å². The molecule has 8 heteroatoms. The molecular weight excluding hydrogens is 398 g/mol. The van der Waals surface area contributed by atoms with Crippen molar-refractivity contribution in [3.05, 3.63) is 29.8 Å². The molecule has 8 nitrogen and oxygen atoms in total. The molecule has 0 saturated carbocycles. The Morgan fingerprint density at radius 1 is 1.00 bits per heavy atom. The molecule has 2 fully saturated rings. The van der Waals surface area contributed by atoms with Gasteiger partial charge in [0.25, 0.3) is 0 Å². The van der Waals surface area contributed by atoms with Crippen LogP contribution in [0.15, 0.2) is 24.3 Å². The fourth-order valence-corrected chi connectivity index (χ4v) is 4.72. The van der Waals surface area contributed by atoms with Crippen molar-refractivity contribution < 1.29 is 23.9 Å². The minimum atomic E-state index is -0.691. The van der Waals surface area contributed by atoms with Crippen LogP contribution in [-0.2, 0) is 14.4 Å². The van der Waals surface area contributed by atoms with E-state index in [1.165, 1.54) is 0 Å². The minimum absolute atomic E-state index is 0.0193. The number of hydrogen-bond acceptors (Lipinski definition) is 5. The summed E-state index contributed by atoms with van der Waals surface area (Å²) in [6.45, 7) is 4.19. The molecule has 2 saturated heterocycles. The molecule has 0 bridgehead atoms. The SMILES string of the molecule is CC(=O)N1CCCN(C(=O)CN2CC[C@@]3(CCC2=O)CC(=O)c2ccccc2O3)CC1. The summed E-state index contributed by atoms with van der Waals surface area (Å²) in [5.74, 6) is 0.459. The van der Waals surface area contributed by atoms with E-state index in [0.717, 1.165) is 6.42 Å². The predicted molar refractivity (Wildman–Crippen MR) is 113 cm³/mol. The van der Waals surface area contributed by atoms with E-state index in [9.17, 15) is 19.2 Å². The maximum absolute atomic E-state index is 12.9. The fourth-order valence-electron chi connectivity index (χ4n) is 4.72. The highest BCUT2D eigenvalue weighted by atomic mass is 16.5. The van der Waals surface area contributed by atoms with Gasteiger partial charge in [0.15, 0.2) is 5.78 Å². The summed E-state index contributed by atoms with van der Waals surface area (Å²) in [5, 5.41) is 0. The topological polar surface area (TPSA) is 87.2 Å². The average molecular weight is 428 g/mol. The van der Waals surface area contributed by atoms with Gasteiger partial charge in [0, 0.05) is 52.5 Å². The lowest BCUT2D eigenvalue weighted by molar-refractivity contribution is -0.140. The summed E-state index contributed by atoms with van der Waals surface area (Å²) in [6.07, 6.45) is 2.22. The zero-order valence-corrected chi connectivity index (χ0v) is 18.0. The molecule has 31 heavy (non-hydrogen) atoms. The highest BCUT2D eigenvalue weighted by Gasteiger charge is 2.43. The number of hydrogen-bond donors (Lipinski definition) is 0. The number of Topliss-reactive ketones (excluding diaryl/α,β-unsaturated/α-hetero) is 1. The second-order valence-corrected chi connectivity index (χ2v) is 8.69. The number of para-hydroxylation sites is 1. The van der Waals surface area contributed by atoms with Crippen LogP contribution in [0.25, 0.3) is 0 Å². The summed E-state index contributed by atoms with van der Waals surface area (Å²) in [4.78, 5) is 55.0. The lowest BCUT2D eigenvalue weighted by atomic mass is 9.84. The third-order valence-electron chi connectivity index (χ3n) is 6.60. The molecule has 3 amide bonds. The van der Waals surface area contributed by atoms with Crippen molar-refractivity contribution in [1.82, 2.24) is 14.7 Å². The molecule has 166 valence electrons. The summed E-state index contributed by atoms with van der Waals surface area (Å²) in [6, 6.07) is 7.23. The van der Waals surface area contributed by atoms with E-state index in [0.29, 0.717) is 56.9 Å². The quantitative estimate of drug-likeness (QED) is 0.714. The number of carbonyl (C=O) groups excluding carboxylic acids is 4. The molecule has 1 spiro atoms. The van der Waals surface area contributed by atoms with Crippen LogP contribution in [0.3, 0.4) is 0 Å². The normalized spacial score (nSPS) is 24.4. The van der Waals surface area contributed by atoms with Gasteiger partial charge in [-0.15, -0.1) is 0 Å². The van der Waals surface area contributed by atoms with Crippen LogP contribution in [0, 0.1) is 0 Å². The van der Waals surface area contributed by atoms with Gasteiger partial charge in [-0.2, -0.15) is 0 Å². The van der Waals surface area contributed by atoms with Crippen molar-refractivity contribution in [2.45, 2.75) is 44.6 Å². The Kier molecular flexibility index (Phi) is 5.98. The van der Waals surface area contributed by atoms with E-state index in [4.69, 9.17) is 4.74 Å². The zero-order valence-electron chi connectivity index (χ0n) is 18.0. The Hall–Kier alpha value is -2.90. The number of nitrogens with zero attached hydrogens (tertiary/aromatic N) is 3. The van der Waals surface area contributed by atoms with Crippen LogP contribution in [0.4, 0.5) is 0 Å². The van der Waals surface area contributed by atoms with Gasteiger partial charge in [-0.3, -0.25) is 19.2 Å². The third kappa shape index (κ3) is 4.57. The second-order valence-electron chi connectivity index (χ2n) is 8.69. The lowest BCUT2D eigenvalue weighted by Gasteiger charge is -2.37. The number of benzene rings is 1. The van der Waals surface area contributed by atoms with E-state index < -0.39 is 5.60 Å². The number of fused-ring (bicyclic) bond motifs is 1. The first kappa shape index (κ1) is 21.3. The van der Waals surface area contributed by atoms with Crippen LogP contribution in [0.2, 0.25) is 0 Å². The van der Waals surface area contributed by atoms with Crippen LogP contribution >= 0.6 is 0 Å². The molecule has 3 aliphatic heterocycles. The van der Waals surface area contributed by atoms with Crippen molar-refractivity contribution in [1.29, 1.82) is 0 Å². The monoisotopic (exact) mass is 427 g/mol. The number of carbonyl (C=O) groups is 4. The highest BCUT2D eigenvalue weighted by Crippen LogP contribution is 2.39. The molecule has 4 rings (SSSR count). The predicted octanol–water partition coefficient (Wildman–Crippen LogP) is 1.48. The standard InChI is InChI=1S/C23H29N3O5/c1-17(27)24-10-4-11-25(14-13-24)22(30)16-26-12-9-23(8-7-21(26)29)15-19(28)18-5-2-3-6-20(18)31-23/h2-3,5-6H,4,7-16H2,1H3/t23-/m0/s1. The Morgan fingerprint density at radius 3 is 2.55 bits per heavy atom. The molecular formula is C23H29N3O5. The van der Waals surface area contributed by atoms with Gasteiger partial charge in [0.1, 0.15) is 11.4 Å². The molecule has 1 atom stereocenters. The van der Waals surface area contributed by atoms with Crippen LogP contribution in [0.5, 0.6) is 5.75 Å². The number of rotatable bonds is 2. The van der Waals surface area contributed by atoms with Gasteiger partial charge in [0.2, 0.25) is 17.7 Å². The maximum Gasteiger partial charge on any atom is 0.242 e. The van der Waals surface area contributed by atoms with Crippen molar-refractivity contribution in [3.8, 4) is 5.75 Å². The maximum atomic E-state index is 12.9. The first-order valence-corrected chi connectivity index (χ1v) is 11.0. The van der Waals surface area contributed by atoms with Gasteiger partial charge in [0.05, 0.1) is 18.5 Å². The average Bonchev–Trinajstić information content (AvgIpc) is 3.08. The van der Waals surface area contributed by atoms with E-state index in [1.54, 1.807) is 33.8 Å². The summed E-state index contributed by atoms with van der Waals surface area (Å²) in [7, 11) is 0. The van der Waals surface area contributed by atoms with Crippen LogP contribution in [-0.4, -0.2) is 83.1 Å². The van der Waals surface area contributed by atoms with Gasteiger partial charge < -0.3 is 19.4 Å². The van der Waals surface area contributed by atoms with Gasteiger partial charge in [-0.1, -0.05) is 12.1 Å². The number of likely N-dealkylation sites (tertiary alicyclic amines) is 1. The van der Waals surface area contributed by atoms with Crippen molar-refractivity contribution in [3.63, 3.8) is 0 Å². The molecule has 1 aromatic carbocycles. The molecule has 0 radical (unpaired) electrons. The first-order valence-electron chi connectivity index (χ1n) is 11.0. The molecule has 3 heterocycles. The molecule has 0 aliphatic carbocycles. The lowest BCUT2D eigenvalue weighted by Crippen LogP contribution is -2.45. The van der Waals surface area contributed by atoms with Crippen molar-refractivity contribution >= 4 is 23.5 Å². The Morgan fingerprint density at radius 2 is 1.74 bits per heavy atom. The summed E-state index contributed by atoms with van der Waals surface area (Å²) >= 11 is 0. The van der Waals surface area contributed by atoms with E-state index in [2.05, 4.69) is 0 Å². The van der Waals surface area contributed by atoms with Crippen LogP contribution < -0.4 is 4.74 Å². The number of amides is 3. The largest absolute Gasteiger partial charge is 0.486 e. The molecule has 3 aliphatic rings. The van der Waals surface area contributed by atoms with Gasteiger partial charge >= 0.3 is 0 Å². The van der Waals surface area contributed by atoms with Gasteiger partial charge in [-0.05, 0) is 25.0 Å². The Bertz CT molecular complexity index is 901. The number of ether oxygens (including phenoxy) is 1.